The van der Waals surface area contributed by atoms with E-state index in [0.717, 1.165) is 0 Å². The molecule has 0 heterocycles. The van der Waals surface area contributed by atoms with Gasteiger partial charge in [-0.2, -0.15) is 0 Å². The van der Waals surface area contributed by atoms with Crippen molar-refractivity contribution in [3.63, 3.8) is 0 Å². The van der Waals surface area contributed by atoms with Gasteiger partial charge in [-0.3, -0.25) is 4.79 Å². The summed E-state index contributed by atoms with van der Waals surface area (Å²) in [7, 11) is 1.28. The van der Waals surface area contributed by atoms with Crippen molar-refractivity contribution in [1.82, 2.24) is 0 Å². The first-order valence-corrected chi connectivity index (χ1v) is 8.29. The lowest BCUT2D eigenvalue weighted by Gasteiger charge is -2.40. The molecule has 0 N–H and O–H groups in total. The quantitative estimate of drug-likeness (QED) is 0.761. The summed E-state index contributed by atoms with van der Waals surface area (Å²) in [5.41, 5.74) is -0.906. The van der Waals surface area contributed by atoms with Gasteiger partial charge in [0.05, 0.1) is 18.1 Å². The van der Waals surface area contributed by atoms with Gasteiger partial charge in [-0.15, -0.1) is 0 Å². The highest BCUT2D eigenvalue weighted by atomic mass is 19.3. The number of hydrogen-bond acceptors (Lipinski definition) is 4. The Balaban J connectivity index is 2.38. The van der Waals surface area contributed by atoms with E-state index in [4.69, 9.17) is 4.74 Å². The Morgan fingerprint density at radius 1 is 1.00 bits per heavy atom. The monoisotopic (exact) mass is 354 g/mol. The van der Waals surface area contributed by atoms with Crippen molar-refractivity contribution in [2.75, 3.05) is 7.11 Å². The molecule has 1 aliphatic rings. The predicted molar refractivity (Wildman–Crippen MR) is 88.7 cm³/mol. The second-order valence-corrected chi connectivity index (χ2v) is 7.51. The molecule has 1 aromatic rings. The van der Waals surface area contributed by atoms with Crippen LogP contribution in [0.5, 0.6) is 0 Å². The van der Waals surface area contributed by atoms with Crippen molar-refractivity contribution in [1.29, 1.82) is 0 Å². The molecule has 6 heteroatoms. The molecule has 0 atom stereocenters. The molecular formula is C19H24F2O4. The highest BCUT2D eigenvalue weighted by Crippen LogP contribution is 2.46. The van der Waals surface area contributed by atoms with Crippen LogP contribution in [0.25, 0.3) is 0 Å². The van der Waals surface area contributed by atoms with Gasteiger partial charge < -0.3 is 9.47 Å². The molecule has 4 nitrogen and oxygen atoms in total. The highest BCUT2D eigenvalue weighted by molar-refractivity contribution is 5.90. The van der Waals surface area contributed by atoms with Gasteiger partial charge in [0.1, 0.15) is 5.60 Å². The van der Waals surface area contributed by atoms with Crippen LogP contribution in [-0.2, 0) is 19.7 Å². The number of esters is 2. The Labute approximate surface area is 146 Å². The Morgan fingerprint density at radius 3 is 1.96 bits per heavy atom. The van der Waals surface area contributed by atoms with Gasteiger partial charge in [0.2, 0.25) is 5.92 Å². The summed E-state index contributed by atoms with van der Waals surface area (Å²) >= 11 is 0. The second kappa shape index (κ2) is 6.73. The van der Waals surface area contributed by atoms with Crippen molar-refractivity contribution in [2.45, 2.75) is 63.4 Å². The standard InChI is InChI=1S/C19H24F2O4/c1-17(2,3)25-16(23)18(9-11-19(20,21)12-10-18)14-7-5-13(6-8-14)15(22)24-4/h5-8H,9-12H2,1-4H3. The lowest BCUT2D eigenvalue weighted by molar-refractivity contribution is -0.167. The molecule has 0 amide bonds. The van der Waals surface area contributed by atoms with Crippen LogP contribution < -0.4 is 0 Å². The first-order chi connectivity index (χ1) is 11.5. The summed E-state index contributed by atoms with van der Waals surface area (Å²) in [6.45, 7) is 5.24. The largest absolute Gasteiger partial charge is 0.465 e. The lowest BCUT2D eigenvalue weighted by atomic mass is 9.68. The molecule has 0 bridgehead atoms. The second-order valence-electron chi connectivity index (χ2n) is 7.51. The lowest BCUT2D eigenvalue weighted by Crippen LogP contribution is -2.46. The molecule has 25 heavy (non-hydrogen) atoms. The van der Waals surface area contributed by atoms with E-state index in [1.807, 2.05) is 0 Å². The van der Waals surface area contributed by atoms with Crippen LogP contribution in [-0.4, -0.2) is 30.6 Å². The highest BCUT2D eigenvalue weighted by Gasteiger charge is 2.50. The third kappa shape index (κ3) is 4.35. The molecule has 0 aliphatic heterocycles. The van der Waals surface area contributed by atoms with Crippen molar-refractivity contribution in [2.24, 2.45) is 0 Å². The van der Waals surface area contributed by atoms with Crippen molar-refractivity contribution >= 4 is 11.9 Å². The number of hydrogen-bond donors (Lipinski definition) is 0. The van der Waals surface area contributed by atoms with Crippen LogP contribution in [0.1, 0.15) is 62.4 Å². The first-order valence-electron chi connectivity index (χ1n) is 8.29. The molecule has 2 rings (SSSR count). The van der Waals surface area contributed by atoms with Crippen LogP contribution in [0.2, 0.25) is 0 Å². The number of halogens is 2. The molecule has 1 aromatic carbocycles. The number of ether oxygens (including phenoxy) is 2. The minimum absolute atomic E-state index is 0.00643. The summed E-state index contributed by atoms with van der Waals surface area (Å²) in [4.78, 5) is 24.4. The number of carbonyl (C=O) groups excluding carboxylic acids is 2. The number of carbonyl (C=O) groups is 2. The van der Waals surface area contributed by atoms with E-state index in [2.05, 4.69) is 4.74 Å². The Morgan fingerprint density at radius 2 is 1.52 bits per heavy atom. The van der Waals surface area contributed by atoms with Crippen LogP contribution in [0.3, 0.4) is 0 Å². The van der Waals surface area contributed by atoms with Crippen molar-refractivity contribution < 1.29 is 27.8 Å². The summed E-state index contributed by atoms with van der Waals surface area (Å²) < 4.78 is 37.5. The predicted octanol–water partition coefficient (Wildman–Crippen LogP) is 4.26. The van der Waals surface area contributed by atoms with Gasteiger partial charge in [0.25, 0.3) is 0 Å². The zero-order chi connectivity index (χ0) is 18.9. The molecule has 1 saturated carbocycles. The molecular weight excluding hydrogens is 330 g/mol. The Hall–Kier alpha value is -1.98. The summed E-state index contributed by atoms with van der Waals surface area (Å²) in [6.07, 6.45) is -0.727. The molecule has 1 aliphatic carbocycles. The van der Waals surface area contributed by atoms with E-state index >= 15 is 0 Å². The summed E-state index contributed by atoms with van der Waals surface area (Å²) in [5.74, 6) is -3.76. The van der Waals surface area contributed by atoms with E-state index in [0.29, 0.717) is 11.1 Å². The minimum Gasteiger partial charge on any atom is -0.465 e. The fourth-order valence-electron chi connectivity index (χ4n) is 3.07. The van der Waals surface area contributed by atoms with E-state index in [1.54, 1.807) is 45.0 Å². The number of rotatable bonds is 3. The summed E-state index contributed by atoms with van der Waals surface area (Å²) in [6, 6.07) is 6.33. The van der Waals surface area contributed by atoms with Gasteiger partial charge in [0.15, 0.2) is 0 Å². The van der Waals surface area contributed by atoms with Crippen molar-refractivity contribution in [3.05, 3.63) is 35.4 Å². The third-order valence-corrected chi connectivity index (χ3v) is 4.48. The molecule has 0 spiro atoms. The van der Waals surface area contributed by atoms with Crippen LogP contribution in [0, 0.1) is 0 Å². The minimum atomic E-state index is -2.77. The van der Waals surface area contributed by atoms with Gasteiger partial charge in [-0.1, -0.05) is 12.1 Å². The van der Waals surface area contributed by atoms with Gasteiger partial charge >= 0.3 is 11.9 Å². The topological polar surface area (TPSA) is 52.6 Å². The average molecular weight is 354 g/mol. The van der Waals surface area contributed by atoms with E-state index in [9.17, 15) is 18.4 Å². The fourth-order valence-corrected chi connectivity index (χ4v) is 3.07. The molecule has 138 valence electrons. The zero-order valence-corrected chi connectivity index (χ0v) is 15.0. The maximum absolute atomic E-state index is 13.7. The Kier molecular flexibility index (Phi) is 5.21. The molecule has 1 fully saturated rings. The van der Waals surface area contributed by atoms with Crippen LogP contribution in [0.15, 0.2) is 24.3 Å². The molecule has 0 unspecified atom stereocenters. The van der Waals surface area contributed by atoms with Crippen LogP contribution in [0.4, 0.5) is 8.78 Å². The average Bonchev–Trinajstić information content (AvgIpc) is 2.53. The van der Waals surface area contributed by atoms with Gasteiger partial charge in [0, 0.05) is 12.8 Å². The number of methoxy groups -OCH3 is 1. The summed E-state index contributed by atoms with van der Waals surface area (Å²) in [5, 5.41) is 0. The zero-order valence-electron chi connectivity index (χ0n) is 15.0. The van der Waals surface area contributed by atoms with E-state index in [1.165, 1.54) is 7.11 Å². The third-order valence-electron chi connectivity index (χ3n) is 4.48. The number of benzene rings is 1. The normalized spacial score (nSPS) is 19.1. The Bertz CT molecular complexity index is 634. The molecule has 0 saturated heterocycles. The van der Waals surface area contributed by atoms with E-state index in [-0.39, 0.29) is 25.7 Å². The smallest absolute Gasteiger partial charge is 0.337 e. The fraction of sp³-hybridized carbons (Fsp3) is 0.579. The van der Waals surface area contributed by atoms with Crippen LogP contribution >= 0.6 is 0 Å². The molecule has 0 aromatic heterocycles. The molecule has 0 radical (unpaired) electrons. The van der Waals surface area contributed by atoms with Gasteiger partial charge in [-0.05, 0) is 51.3 Å². The van der Waals surface area contributed by atoms with E-state index < -0.39 is 28.9 Å². The number of alkyl halides is 2. The SMILES string of the molecule is COC(=O)c1ccc(C2(C(=O)OC(C)(C)C)CCC(F)(F)CC2)cc1. The first kappa shape index (κ1) is 19.3. The maximum Gasteiger partial charge on any atom is 0.337 e. The van der Waals surface area contributed by atoms with Gasteiger partial charge in [-0.25, -0.2) is 13.6 Å². The van der Waals surface area contributed by atoms with Crippen molar-refractivity contribution in [3.8, 4) is 0 Å². The maximum atomic E-state index is 13.7.